The van der Waals surface area contributed by atoms with E-state index in [-0.39, 0.29) is 17.4 Å². The van der Waals surface area contributed by atoms with Gasteiger partial charge >= 0.3 is 0 Å². The van der Waals surface area contributed by atoms with Crippen LogP contribution in [0.3, 0.4) is 0 Å². The van der Waals surface area contributed by atoms with E-state index in [9.17, 15) is 9.90 Å². The highest BCUT2D eigenvalue weighted by Gasteiger charge is 2.19. The number of anilines is 1. The van der Waals surface area contributed by atoms with E-state index >= 15 is 0 Å². The van der Waals surface area contributed by atoms with Gasteiger partial charge in [-0.05, 0) is 37.3 Å². The molecule has 0 saturated carbocycles. The van der Waals surface area contributed by atoms with Crippen LogP contribution in [0.5, 0.6) is 5.75 Å². The highest BCUT2D eigenvalue weighted by atomic mass is 35.5. The Morgan fingerprint density at radius 2 is 2.00 bits per heavy atom. The number of amides is 1. The molecule has 0 atom stereocenters. The van der Waals surface area contributed by atoms with Crippen LogP contribution >= 0.6 is 11.6 Å². The SMILES string of the molecule is Cc1oc(C(=O)N(C)c2ccc(O)cc2)cc1CCl. The smallest absolute Gasteiger partial charge is 0.293 e. The zero-order valence-corrected chi connectivity index (χ0v) is 11.4. The van der Waals surface area contributed by atoms with Crippen molar-refractivity contribution < 1.29 is 14.3 Å². The van der Waals surface area contributed by atoms with E-state index in [1.165, 1.54) is 17.0 Å². The lowest BCUT2D eigenvalue weighted by Crippen LogP contribution is -2.25. The first-order valence-corrected chi connectivity index (χ1v) is 6.28. The number of hydrogen-bond donors (Lipinski definition) is 1. The number of alkyl halides is 1. The molecule has 0 spiro atoms. The fourth-order valence-corrected chi connectivity index (χ4v) is 1.98. The van der Waals surface area contributed by atoms with Gasteiger partial charge in [-0.3, -0.25) is 4.79 Å². The van der Waals surface area contributed by atoms with E-state index in [0.717, 1.165) is 5.56 Å². The van der Waals surface area contributed by atoms with Crippen molar-refractivity contribution in [2.24, 2.45) is 0 Å². The van der Waals surface area contributed by atoms with Crippen LogP contribution in [0.15, 0.2) is 34.7 Å². The molecule has 0 aliphatic heterocycles. The van der Waals surface area contributed by atoms with Crippen LogP contribution in [0.2, 0.25) is 0 Å². The van der Waals surface area contributed by atoms with E-state index in [1.807, 2.05) is 0 Å². The van der Waals surface area contributed by atoms with Gasteiger partial charge in [0, 0.05) is 18.3 Å². The first kappa shape index (κ1) is 13.5. The van der Waals surface area contributed by atoms with Gasteiger partial charge in [-0.2, -0.15) is 0 Å². The van der Waals surface area contributed by atoms with Crippen LogP contribution in [-0.4, -0.2) is 18.1 Å². The number of carbonyl (C=O) groups excluding carboxylic acids is 1. The lowest BCUT2D eigenvalue weighted by Gasteiger charge is -2.15. The molecule has 1 heterocycles. The van der Waals surface area contributed by atoms with Crippen molar-refractivity contribution in [2.75, 3.05) is 11.9 Å². The second kappa shape index (κ2) is 5.36. The van der Waals surface area contributed by atoms with E-state index < -0.39 is 0 Å². The van der Waals surface area contributed by atoms with Gasteiger partial charge in [0.15, 0.2) is 5.76 Å². The van der Waals surface area contributed by atoms with Crippen molar-refractivity contribution in [3.05, 3.63) is 47.4 Å². The second-order valence-electron chi connectivity index (χ2n) is 4.21. The van der Waals surface area contributed by atoms with Crippen LogP contribution in [0.4, 0.5) is 5.69 Å². The lowest BCUT2D eigenvalue weighted by atomic mass is 10.2. The summed E-state index contributed by atoms with van der Waals surface area (Å²) in [7, 11) is 1.65. The van der Waals surface area contributed by atoms with Gasteiger partial charge in [-0.1, -0.05) is 0 Å². The maximum atomic E-state index is 12.2. The summed E-state index contributed by atoms with van der Waals surface area (Å²) in [5.41, 5.74) is 1.48. The molecule has 1 aromatic carbocycles. The number of nitrogens with zero attached hydrogens (tertiary/aromatic N) is 1. The van der Waals surface area contributed by atoms with Gasteiger partial charge in [0.2, 0.25) is 0 Å². The van der Waals surface area contributed by atoms with Gasteiger partial charge in [0.1, 0.15) is 11.5 Å². The molecule has 0 fully saturated rings. The molecule has 0 bridgehead atoms. The van der Waals surface area contributed by atoms with E-state index in [2.05, 4.69) is 0 Å². The number of rotatable bonds is 3. The number of aryl methyl sites for hydroxylation is 1. The van der Waals surface area contributed by atoms with Crippen molar-refractivity contribution in [1.29, 1.82) is 0 Å². The van der Waals surface area contributed by atoms with E-state index in [4.69, 9.17) is 16.0 Å². The van der Waals surface area contributed by atoms with Gasteiger partial charge < -0.3 is 14.4 Å². The molecular weight excluding hydrogens is 266 g/mol. The number of aromatic hydroxyl groups is 1. The zero-order valence-electron chi connectivity index (χ0n) is 10.7. The number of phenolic OH excluding ortho intramolecular Hbond substituents is 1. The monoisotopic (exact) mass is 279 g/mol. The standard InChI is InChI=1S/C14H14ClNO3/c1-9-10(8-15)7-13(19-9)14(18)16(2)11-3-5-12(17)6-4-11/h3-7,17H,8H2,1-2H3. The molecule has 100 valence electrons. The van der Waals surface area contributed by atoms with Gasteiger partial charge in [0.05, 0.1) is 5.88 Å². The number of benzene rings is 1. The summed E-state index contributed by atoms with van der Waals surface area (Å²) in [5.74, 6) is 1.11. The summed E-state index contributed by atoms with van der Waals surface area (Å²) in [6, 6.07) is 8.02. The molecule has 0 saturated heterocycles. The number of phenols is 1. The summed E-state index contributed by atoms with van der Waals surface area (Å²) in [5, 5.41) is 9.23. The molecule has 0 aliphatic carbocycles. The average molecular weight is 280 g/mol. The number of halogens is 1. The largest absolute Gasteiger partial charge is 0.508 e. The molecule has 1 aromatic heterocycles. The van der Waals surface area contributed by atoms with Gasteiger partial charge in [-0.25, -0.2) is 0 Å². The summed E-state index contributed by atoms with van der Waals surface area (Å²) in [6.07, 6.45) is 0. The maximum absolute atomic E-state index is 12.2. The van der Waals surface area contributed by atoms with Gasteiger partial charge in [0.25, 0.3) is 5.91 Å². The Morgan fingerprint density at radius 1 is 1.37 bits per heavy atom. The fourth-order valence-electron chi connectivity index (χ4n) is 1.72. The molecule has 0 unspecified atom stereocenters. The number of carbonyl (C=O) groups is 1. The molecule has 0 aliphatic rings. The summed E-state index contributed by atoms with van der Waals surface area (Å²) in [4.78, 5) is 13.7. The van der Waals surface area contributed by atoms with Crippen LogP contribution in [-0.2, 0) is 5.88 Å². The Bertz CT molecular complexity index is 589. The molecule has 0 radical (unpaired) electrons. The predicted octanol–water partition coefficient (Wildman–Crippen LogP) is 3.31. The van der Waals surface area contributed by atoms with Crippen LogP contribution in [0.25, 0.3) is 0 Å². The van der Waals surface area contributed by atoms with Crippen molar-refractivity contribution in [3.8, 4) is 5.75 Å². The first-order chi connectivity index (χ1) is 9.02. The third kappa shape index (κ3) is 2.74. The molecule has 5 heteroatoms. The topological polar surface area (TPSA) is 53.7 Å². The van der Waals surface area contributed by atoms with Crippen molar-refractivity contribution in [1.82, 2.24) is 0 Å². The Hall–Kier alpha value is -1.94. The number of hydrogen-bond acceptors (Lipinski definition) is 3. The minimum absolute atomic E-state index is 0.155. The lowest BCUT2D eigenvalue weighted by molar-refractivity contribution is 0.0965. The normalized spacial score (nSPS) is 10.5. The first-order valence-electron chi connectivity index (χ1n) is 5.75. The third-order valence-corrected chi connectivity index (χ3v) is 3.20. The molecule has 19 heavy (non-hydrogen) atoms. The van der Waals surface area contributed by atoms with Crippen molar-refractivity contribution in [3.63, 3.8) is 0 Å². The summed E-state index contributed by atoms with van der Waals surface area (Å²) < 4.78 is 5.41. The van der Waals surface area contributed by atoms with Crippen LogP contribution in [0.1, 0.15) is 21.9 Å². The molecule has 1 amide bonds. The predicted molar refractivity (Wildman–Crippen MR) is 73.8 cm³/mol. The summed E-state index contributed by atoms with van der Waals surface area (Å²) in [6.45, 7) is 1.77. The van der Waals surface area contributed by atoms with Crippen LogP contribution < -0.4 is 4.90 Å². The van der Waals surface area contributed by atoms with Crippen LogP contribution in [0, 0.1) is 6.92 Å². The fraction of sp³-hybridized carbons (Fsp3) is 0.214. The Labute approximate surface area is 116 Å². The Kier molecular flexibility index (Phi) is 3.81. The van der Waals surface area contributed by atoms with E-state index in [1.54, 1.807) is 32.2 Å². The van der Waals surface area contributed by atoms with Gasteiger partial charge in [-0.15, -0.1) is 11.6 Å². The molecule has 4 nitrogen and oxygen atoms in total. The van der Waals surface area contributed by atoms with E-state index in [0.29, 0.717) is 17.3 Å². The molecule has 2 aromatic rings. The maximum Gasteiger partial charge on any atom is 0.293 e. The minimum atomic E-state index is -0.259. The molecule has 1 N–H and O–H groups in total. The quantitative estimate of drug-likeness (QED) is 0.877. The average Bonchev–Trinajstić information content (AvgIpc) is 2.79. The second-order valence-corrected chi connectivity index (χ2v) is 4.47. The summed E-state index contributed by atoms with van der Waals surface area (Å²) >= 11 is 5.75. The Morgan fingerprint density at radius 3 is 2.53 bits per heavy atom. The molecule has 2 rings (SSSR count). The van der Waals surface area contributed by atoms with Crippen molar-refractivity contribution in [2.45, 2.75) is 12.8 Å². The zero-order chi connectivity index (χ0) is 14.0. The minimum Gasteiger partial charge on any atom is -0.508 e. The third-order valence-electron chi connectivity index (χ3n) is 2.92. The highest BCUT2D eigenvalue weighted by Crippen LogP contribution is 2.22. The van der Waals surface area contributed by atoms with Crippen molar-refractivity contribution >= 4 is 23.2 Å². The number of furan rings is 1. The highest BCUT2D eigenvalue weighted by molar-refractivity contribution is 6.17. The molecular formula is C14H14ClNO3. The Balaban J connectivity index is 2.25.